The fraction of sp³-hybridized carbons (Fsp3) is 0.267. The van der Waals surface area contributed by atoms with Crippen molar-refractivity contribution in [3.05, 3.63) is 46.2 Å². The zero-order valence-electron chi connectivity index (χ0n) is 11.2. The highest BCUT2D eigenvalue weighted by atomic mass is 79.9. The number of hydrazine groups is 1. The molecule has 0 amide bonds. The molecule has 0 spiro atoms. The minimum absolute atomic E-state index is 0.230. The summed E-state index contributed by atoms with van der Waals surface area (Å²) < 4.78 is 6.51. The minimum Gasteiger partial charge on any atom is -0.496 e. The highest BCUT2D eigenvalue weighted by Crippen LogP contribution is 2.28. The highest BCUT2D eigenvalue weighted by Gasteiger charge is 2.19. The number of hydrogen-bond donors (Lipinski definition) is 1. The molecule has 2 heterocycles. The largest absolute Gasteiger partial charge is 0.496 e. The monoisotopic (exact) mass is 333 g/mol. The molecule has 0 aromatic heterocycles. The van der Waals surface area contributed by atoms with Crippen molar-refractivity contribution < 1.29 is 4.74 Å². The van der Waals surface area contributed by atoms with Crippen LogP contribution >= 0.6 is 15.9 Å². The summed E-state index contributed by atoms with van der Waals surface area (Å²) in [5.74, 6) is 0.929. The summed E-state index contributed by atoms with van der Waals surface area (Å²) in [4.78, 5) is 4.13. The number of ether oxygens (including phenoxy) is 1. The number of methoxy groups -OCH3 is 1. The Kier molecular flexibility index (Phi) is 3.89. The van der Waals surface area contributed by atoms with Gasteiger partial charge >= 0.3 is 0 Å². The van der Waals surface area contributed by atoms with E-state index < -0.39 is 0 Å². The summed E-state index contributed by atoms with van der Waals surface area (Å²) in [5, 5.41) is 2.09. The van der Waals surface area contributed by atoms with Crippen molar-refractivity contribution >= 4 is 28.2 Å². The molecule has 2 aliphatic heterocycles. The van der Waals surface area contributed by atoms with Gasteiger partial charge in [0, 0.05) is 35.1 Å². The van der Waals surface area contributed by atoms with Gasteiger partial charge in [-0.25, -0.2) is 5.43 Å². The van der Waals surface area contributed by atoms with Gasteiger partial charge in [0.2, 0.25) is 0 Å². The molecule has 0 aliphatic carbocycles. The first kappa shape index (κ1) is 13.4. The van der Waals surface area contributed by atoms with Crippen molar-refractivity contribution in [3.8, 4) is 5.75 Å². The van der Waals surface area contributed by atoms with Gasteiger partial charge in [0.15, 0.2) is 0 Å². The maximum Gasteiger partial charge on any atom is 0.124 e. The van der Waals surface area contributed by atoms with E-state index in [0.29, 0.717) is 0 Å². The van der Waals surface area contributed by atoms with E-state index in [4.69, 9.17) is 4.74 Å². The Bertz CT molecular complexity index is 595. The molecule has 5 heteroatoms. The predicted octanol–water partition coefficient (Wildman–Crippen LogP) is 3.07. The number of nitrogens with one attached hydrogen (secondary N) is 1. The molecule has 0 radical (unpaired) electrons. The van der Waals surface area contributed by atoms with Crippen LogP contribution in [0.3, 0.4) is 0 Å². The van der Waals surface area contributed by atoms with Crippen LogP contribution in [0.15, 0.2) is 40.1 Å². The molecule has 0 saturated heterocycles. The third-order valence-electron chi connectivity index (χ3n) is 3.45. The topological polar surface area (TPSA) is 36.9 Å². The zero-order chi connectivity index (χ0) is 13.9. The van der Waals surface area contributed by atoms with Crippen molar-refractivity contribution in [1.82, 2.24) is 10.4 Å². The smallest absolute Gasteiger partial charge is 0.124 e. The first-order chi connectivity index (χ1) is 9.78. The SMILES string of the molecule is COc1cccc2c1CN(NC1CC=NC=C1Br)C=C2. The number of rotatable bonds is 3. The molecule has 104 valence electrons. The molecule has 1 atom stereocenters. The third kappa shape index (κ3) is 2.64. The van der Waals surface area contributed by atoms with Crippen LogP contribution < -0.4 is 10.2 Å². The first-order valence-corrected chi connectivity index (χ1v) is 7.31. The van der Waals surface area contributed by atoms with Gasteiger partial charge < -0.3 is 9.75 Å². The number of halogens is 1. The minimum atomic E-state index is 0.230. The van der Waals surface area contributed by atoms with E-state index in [1.165, 1.54) is 11.1 Å². The van der Waals surface area contributed by atoms with Crippen LogP contribution in [0, 0.1) is 0 Å². The van der Waals surface area contributed by atoms with Crippen molar-refractivity contribution in [1.29, 1.82) is 0 Å². The van der Waals surface area contributed by atoms with Crippen molar-refractivity contribution in [2.75, 3.05) is 7.11 Å². The molecular formula is C15H16BrN3O. The van der Waals surface area contributed by atoms with E-state index in [9.17, 15) is 0 Å². The van der Waals surface area contributed by atoms with Gasteiger partial charge in [-0.2, -0.15) is 0 Å². The Morgan fingerprint density at radius 3 is 3.15 bits per heavy atom. The van der Waals surface area contributed by atoms with Gasteiger partial charge in [0.25, 0.3) is 0 Å². The lowest BCUT2D eigenvalue weighted by molar-refractivity contribution is 0.235. The van der Waals surface area contributed by atoms with Gasteiger partial charge in [0.1, 0.15) is 5.75 Å². The van der Waals surface area contributed by atoms with Crippen molar-refractivity contribution in [3.63, 3.8) is 0 Å². The molecule has 2 aliphatic rings. The summed E-state index contributed by atoms with van der Waals surface area (Å²) in [6.07, 6.45) is 8.80. The highest BCUT2D eigenvalue weighted by molar-refractivity contribution is 9.11. The average molecular weight is 334 g/mol. The Labute approximate surface area is 126 Å². The van der Waals surface area contributed by atoms with Gasteiger partial charge in [-0.05, 0) is 17.7 Å². The second-order valence-electron chi connectivity index (χ2n) is 4.73. The number of fused-ring (bicyclic) bond motifs is 1. The molecule has 1 aromatic carbocycles. The van der Waals surface area contributed by atoms with E-state index in [1.807, 2.05) is 24.5 Å². The van der Waals surface area contributed by atoms with Crippen molar-refractivity contribution in [2.45, 2.75) is 19.0 Å². The maximum atomic E-state index is 5.44. The predicted molar refractivity (Wildman–Crippen MR) is 84.6 cm³/mol. The fourth-order valence-corrected chi connectivity index (χ4v) is 2.80. The van der Waals surface area contributed by atoms with Crippen LogP contribution in [0.25, 0.3) is 6.08 Å². The molecule has 20 heavy (non-hydrogen) atoms. The van der Waals surface area contributed by atoms with E-state index in [2.05, 4.69) is 49.7 Å². The van der Waals surface area contributed by atoms with E-state index in [1.54, 1.807) is 7.11 Å². The third-order valence-corrected chi connectivity index (χ3v) is 4.21. The molecule has 0 saturated carbocycles. The summed E-state index contributed by atoms with van der Waals surface area (Å²) in [6, 6.07) is 6.35. The number of hydrogen-bond acceptors (Lipinski definition) is 4. The number of nitrogens with zero attached hydrogens (tertiary/aromatic N) is 2. The normalized spacial score (nSPS) is 20.6. The maximum absolute atomic E-state index is 5.44. The lowest BCUT2D eigenvalue weighted by atomic mass is 10.0. The quantitative estimate of drug-likeness (QED) is 0.923. The first-order valence-electron chi connectivity index (χ1n) is 6.52. The van der Waals surface area contributed by atoms with Gasteiger partial charge in [0.05, 0.1) is 19.7 Å². The average Bonchev–Trinajstić information content (AvgIpc) is 2.49. The van der Waals surface area contributed by atoms with Gasteiger partial charge in [-0.3, -0.25) is 4.99 Å². The molecule has 4 nitrogen and oxygen atoms in total. The second-order valence-corrected chi connectivity index (χ2v) is 5.65. The lowest BCUT2D eigenvalue weighted by Crippen LogP contribution is -2.43. The van der Waals surface area contributed by atoms with Gasteiger partial charge in [-0.15, -0.1) is 0 Å². The molecule has 3 rings (SSSR count). The molecule has 0 fully saturated rings. The van der Waals surface area contributed by atoms with E-state index >= 15 is 0 Å². The summed E-state index contributed by atoms with van der Waals surface area (Å²) in [5.41, 5.74) is 5.90. The molecule has 1 aromatic rings. The van der Waals surface area contributed by atoms with Crippen LogP contribution in [0.2, 0.25) is 0 Å². The number of aliphatic imine (C=N–C) groups is 1. The molecule has 1 unspecified atom stereocenters. The Hall–Kier alpha value is -1.59. The summed E-state index contributed by atoms with van der Waals surface area (Å²) >= 11 is 3.55. The van der Waals surface area contributed by atoms with Crippen LogP contribution in [-0.4, -0.2) is 24.4 Å². The van der Waals surface area contributed by atoms with E-state index in [0.717, 1.165) is 23.2 Å². The number of benzene rings is 1. The van der Waals surface area contributed by atoms with Crippen LogP contribution in [0.4, 0.5) is 0 Å². The Morgan fingerprint density at radius 1 is 1.45 bits per heavy atom. The summed E-state index contributed by atoms with van der Waals surface area (Å²) in [6.45, 7) is 0.782. The van der Waals surface area contributed by atoms with E-state index in [-0.39, 0.29) is 6.04 Å². The lowest BCUT2D eigenvalue weighted by Gasteiger charge is -2.31. The Balaban J connectivity index is 1.76. The molecule has 0 bridgehead atoms. The second kappa shape index (κ2) is 5.81. The van der Waals surface area contributed by atoms with Crippen LogP contribution in [-0.2, 0) is 6.54 Å². The fourth-order valence-electron chi connectivity index (χ4n) is 2.39. The molecular weight excluding hydrogens is 318 g/mol. The zero-order valence-corrected chi connectivity index (χ0v) is 12.8. The molecule has 1 N–H and O–H groups in total. The van der Waals surface area contributed by atoms with Crippen LogP contribution in [0.1, 0.15) is 17.5 Å². The summed E-state index contributed by atoms with van der Waals surface area (Å²) in [7, 11) is 1.71. The standard InChI is InChI=1S/C15H16BrN3O/c1-20-15-4-2-3-11-6-8-19(10-12(11)15)18-14-5-7-17-9-13(14)16/h2-4,6-9,14,18H,5,10H2,1H3. The van der Waals surface area contributed by atoms with Crippen molar-refractivity contribution in [2.24, 2.45) is 4.99 Å². The van der Waals surface area contributed by atoms with Crippen LogP contribution in [0.5, 0.6) is 5.75 Å². The Morgan fingerprint density at radius 2 is 2.35 bits per heavy atom. The van der Waals surface area contributed by atoms with Gasteiger partial charge in [-0.1, -0.05) is 28.1 Å².